The second kappa shape index (κ2) is 17.5. The topological polar surface area (TPSA) is 149 Å². The third-order valence-electron chi connectivity index (χ3n) is 7.57. The molecule has 1 aromatic carbocycles. The minimum absolute atomic E-state index is 0.0733. The zero-order chi connectivity index (χ0) is 30.4. The van der Waals surface area contributed by atoms with Crippen molar-refractivity contribution in [3.8, 4) is 5.75 Å². The number of thioether (sulfide) groups is 1. The molecule has 1 aromatic heterocycles. The van der Waals surface area contributed by atoms with Gasteiger partial charge in [0, 0.05) is 39.4 Å². The summed E-state index contributed by atoms with van der Waals surface area (Å²) in [5.74, 6) is 2.41. The van der Waals surface area contributed by atoms with Crippen LogP contribution in [0.5, 0.6) is 5.75 Å². The van der Waals surface area contributed by atoms with Crippen LogP contribution in [0.1, 0.15) is 92.9 Å². The highest BCUT2D eigenvalue weighted by atomic mass is 32.2. The first kappa shape index (κ1) is 34.7. The van der Waals surface area contributed by atoms with Crippen LogP contribution in [0.4, 0.5) is 11.8 Å². The normalized spacial score (nSPS) is 12.6. The van der Waals surface area contributed by atoms with Crippen LogP contribution in [-0.4, -0.2) is 58.1 Å². The minimum atomic E-state index is -2.68. The molecule has 0 bridgehead atoms. The minimum Gasteiger partial charge on any atom is -0.496 e. The van der Waals surface area contributed by atoms with Crippen molar-refractivity contribution in [1.29, 1.82) is 0 Å². The van der Waals surface area contributed by atoms with E-state index < -0.39 is 13.8 Å². The summed E-state index contributed by atoms with van der Waals surface area (Å²) in [5.41, 5.74) is 8.51. The number of aromatic nitrogens is 2. The molecule has 0 saturated heterocycles. The molecule has 10 nitrogen and oxygen atoms in total. The molecule has 0 fully saturated rings. The number of ether oxygens (including phenoxy) is 1. The number of nitrogen functional groups attached to an aromatic ring is 1. The molecule has 2 rings (SSSR count). The number of benzene rings is 1. The summed E-state index contributed by atoms with van der Waals surface area (Å²) in [6.45, 7) is 8.14. The lowest BCUT2D eigenvalue weighted by Gasteiger charge is -2.32. The average Bonchev–Trinajstić information content (AvgIpc) is 2.95. The molecular weight excluding hydrogens is 561 g/mol. The van der Waals surface area contributed by atoms with Crippen LogP contribution in [0, 0.1) is 6.92 Å². The fraction of sp³-hybridized carbons (Fsp3) is 0.621. The number of aryl methyl sites for hydroxylation is 1. The number of nitrogens with one attached hydrogen (secondary N) is 2. The van der Waals surface area contributed by atoms with E-state index in [0.717, 1.165) is 48.3 Å². The Bertz CT molecular complexity index is 1140. The maximum Gasteiger partial charge on any atom is 0.694 e. The lowest BCUT2D eigenvalue weighted by atomic mass is 9.88. The third-order valence-corrected chi connectivity index (χ3v) is 8.62. The first-order valence-corrected chi connectivity index (χ1v) is 16.8. The van der Waals surface area contributed by atoms with Gasteiger partial charge in [-0.3, -0.25) is 4.79 Å². The third kappa shape index (κ3) is 10.7. The van der Waals surface area contributed by atoms with Crippen molar-refractivity contribution < 1.29 is 23.5 Å². The number of carbonyl (C=O) groups is 1. The first-order chi connectivity index (χ1) is 19.6. The van der Waals surface area contributed by atoms with Crippen LogP contribution in [0.3, 0.4) is 0 Å². The van der Waals surface area contributed by atoms with Gasteiger partial charge in [0.1, 0.15) is 18.2 Å². The van der Waals surface area contributed by atoms with Crippen LogP contribution in [0.2, 0.25) is 0 Å². The number of nitrogens with two attached hydrogens (primary N) is 1. The molecule has 228 valence electrons. The highest BCUT2D eigenvalue weighted by molar-refractivity contribution is 7.98. The Hall–Kier alpha value is -2.46. The number of carbonyl (C=O) groups excluding carboxylic acids is 1. The number of amides is 1. The van der Waals surface area contributed by atoms with E-state index in [1.165, 1.54) is 0 Å². The Morgan fingerprint density at radius 1 is 1.22 bits per heavy atom. The van der Waals surface area contributed by atoms with Crippen molar-refractivity contribution in [2.45, 2.75) is 90.6 Å². The number of rotatable bonds is 19. The van der Waals surface area contributed by atoms with Gasteiger partial charge in [0.15, 0.2) is 0 Å². The molecule has 0 aliphatic carbocycles. The Balaban J connectivity index is 2.39. The number of nitrogens with zero attached hydrogens (tertiary/aromatic N) is 2. The van der Waals surface area contributed by atoms with E-state index in [9.17, 15) is 9.36 Å². The molecule has 5 N–H and O–H groups in total. The molecule has 2 atom stereocenters. The van der Waals surface area contributed by atoms with E-state index in [1.807, 2.05) is 38.6 Å². The zero-order valence-corrected chi connectivity index (χ0v) is 27.0. The molecule has 1 heterocycles. The van der Waals surface area contributed by atoms with Gasteiger partial charge in [0.25, 0.3) is 5.91 Å². The number of hydrogen-bond acceptors (Lipinski definition) is 9. The Morgan fingerprint density at radius 3 is 2.56 bits per heavy atom. The summed E-state index contributed by atoms with van der Waals surface area (Å²) in [6, 6.07) is 5.64. The van der Waals surface area contributed by atoms with Crippen molar-refractivity contribution in [2.75, 3.05) is 36.8 Å². The summed E-state index contributed by atoms with van der Waals surface area (Å²) in [4.78, 5) is 31.5. The Morgan fingerprint density at radius 2 is 1.95 bits per heavy atom. The monoisotopic (exact) mass is 608 g/mol. The second-order valence-electron chi connectivity index (χ2n) is 10.2. The van der Waals surface area contributed by atoms with Gasteiger partial charge >= 0.3 is 8.25 Å². The first-order valence-electron chi connectivity index (χ1n) is 14.3. The van der Waals surface area contributed by atoms with Crippen molar-refractivity contribution >= 4 is 37.7 Å². The number of hydrogen-bond donors (Lipinski definition) is 4. The van der Waals surface area contributed by atoms with Crippen LogP contribution in [-0.2, 0) is 15.5 Å². The molecule has 1 amide bonds. The molecule has 0 spiro atoms. The van der Waals surface area contributed by atoms with Crippen LogP contribution < -0.4 is 21.1 Å². The van der Waals surface area contributed by atoms with Gasteiger partial charge in [-0.25, -0.2) is 4.98 Å². The van der Waals surface area contributed by atoms with Gasteiger partial charge in [-0.15, -0.1) is 9.42 Å². The lowest BCUT2D eigenvalue weighted by molar-refractivity contribution is 0.0872. The van der Waals surface area contributed by atoms with Gasteiger partial charge in [-0.05, 0) is 74.8 Å². The van der Waals surface area contributed by atoms with Crippen molar-refractivity contribution in [3.63, 3.8) is 0 Å². The Labute approximate surface area is 249 Å². The van der Waals surface area contributed by atoms with Gasteiger partial charge in [0.05, 0.1) is 7.11 Å². The lowest BCUT2D eigenvalue weighted by Crippen LogP contribution is -2.48. The van der Waals surface area contributed by atoms with Gasteiger partial charge in [-0.2, -0.15) is 16.7 Å². The van der Waals surface area contributed by atoms with E-state index in [4.69, 9.17) is 19.9 Å². The summed E-state index contributed by atoms with van der Waals surface area (Å²) in [7, 11) is -1.07. The van der Waals surface area contributed by atoms with Crippen LogP contribution in [0.15, 0.2) is 18.2 Å². The molecular formula is C29H47N5O5PS+. The van der Waals surface area contributed by atoms with Crippen molar-refractivity contribution in [2.24, 2.45) is 0 Å². The van der Waals surface area contributed by atoms with Crippen LogP contribution in [0.25, 0.3) is 0 Å². The number of unbranched alkanes of at least 4 members (excludes halogenated alkanes) is 1. The largest absolute Gasteiger partial charge is 0.694 e. The highest BCUT2D eigenvalue weighted by Crippen LogP contribution is 2.30. The SMILES string of the molecule is CCCCC(CCSC)Nc1nc(N)nc(C)c1Cc1cc(C(=O)NC(CC)(CC)CCO[P+](=O)O)ccc1OC. The van der Waals surface area contributed by atoms with Crippen molar-refractivity contribution in [3.05, 3.63) is 40.6 Å². The van der Waals surface area contributed by atoms with E-state index in [2.05, 4.69) is 33.8 Å². The zero-order valence-electron chi connectivity index (χ0n) is 25.3. The molecule has 0 radical (unpaired) electrons. The average molecular weight is 609 g/mol. The predicted molar refractivity (Wildman–Crippen MR) is 168 cm³/mol. The smallest absolute Gasteiger partial charge is 0.496 e. The second-order valence-corrected chi connectivity index (χ2v) is 11.9. The van der Waals surface area contributed by atoms with Crippen LogP contribution >= 0.6 is 20.0 Å². The summed E-state index contributed by atoms with van der Waals surface area (Å²) in [6.07, 6.45) is 8.57. The van der Waals surface area contributed by atoms with E-state index in [0.29, 0.717) is 42.8 Å². The molecule has 41 heavy (non-hydrogen) atoms. The number of anilines is 2. The molecule has 0 aliphatic heterocycles. The standard InChI is InChI=1S/C29H46N5O5PS/c1-7-10-11-23(14-17-41-6)32-26-24(20(4)31-28(30)33-26)19-22-18-21(12-13-25(22)38-5)27(35)34-29(8-2,9-3)15-16-39-40(36)37/h12-13,18,23H,7-11,14-17,19H2,1-6H3,(H4-,30,31,32,33,34,35,36,37)/p+1. The number of methoxy groups -OCH3 is 1. The van der Waals surface area contributed by atoms with Gasteiger partial charge in [0.2, 0.25) is 5.95 Å². The molecule has 0 aliphatic rings. The van der Waals surface area contributed by atoms with E-state index in [1.54, 1.807) is 19.2 Å². The molecule has 2 unspecified atom stereocenters. The van der Waals surface area contributed by atoms with Gasteiger partial charge < -0.3 is 21.1 Å². The summed E-state index contributed by atoms with van der Waals surface area (Å²) >= 11 is 1.83. The fourth-order valence-corrected chi connectivity index (χ4v) is 5.63. The molecule has 0 saturated carbocycles. The van der Waals surface area contributed by atoms with Crippen molar-refractivity contribution in [1.82, 2.24) is 15.3 Å². The maximum absolute atomic E-state index is 13.4. The fourth-order valence-electron chi connectivity index (χ4n) is 4.86. The maximum atomic E-state index is 13.4. The summed E-state index contributed by atoms with van der Waals surface area (Å²) in [5, 5.41) is 6.80. The van der Waals surface area contributed by atoms with E-state index in [-0.39, 0.29) is 24.5 Å². The van der Waals surface area contributed by atoms with Gasteiger partial charge in [-0.1, -0.05) is 33.6 Å². The summed E-state index contributed by atoms with van der Waals surface area (Å²) < 4.78 is 21.5. The molecule has 12 heteroatoms. The predicted octanol–water partition coefficient (Wildman–Crippen LogP) is 6.04. The highest BCUT2D eigenvalue weighted by Gasteiger charge is 2.30. The quantitative estimate of drug-likeness (QED) is 0.139. The molecule has 2 aromatic rings. The van der Waals surface area contributed by atoms with E-state index >= 15 is 0 Å². The Kier molecular flexibility index (Phi) is 14.8.